The minimum atomic E-state index is -0.567. The number of hydrogen-bond acceptors (Lipinski definition) is 5. The summed E-state index contributed by atoms with van der Waals surface area (Å²) in [6, 6.07) is 11.2. The summed E-state index contributed by atoms with van der Waals surface area (Å²) in [7, 11) is 0. The van der Waals surface area contributed by atoms with Crippen molar-refractivity contribution in [3.8, 4) is 11.5 Å². The first-order valence-electron chi connectivity index (χ1n) is 10.6. The molecule has 0 fully saturated rings. The van der Waals surface area contributed by atoms with Crippen LogP contribution in [0.2, 0.25) is 0 Å². The second-order valence-electron chi connectivity index (χ2n) is 7.81. The smallest absolute Gasteiger partial charge is 0.338 e. The fourth-order valence-corrected chi connectivity index (χ4v) is 3.89. The van der Waals surface area contributed by atoms with Gasteiger partial charge in [0, 0.05) is 6.42 Å². The van der Waals surface area contributed by atoms with Crippen molar-refractivity contribution in [1.82, 2.24) is 5.32 Å². The van der Waals surface area contributed by atoms with Crippen molar-refractivity contribution in [3.05, 3.63) is 58.7 Å². The van der Waals surface area contributed by atoms with E-state index in [1.54, 1.807) is 18.2 Å². The molecule has 1 aliphatic heterocycles. The number of hydrogen-bond donors (Lipinski definition) is 1. The van der Waals surface area contributed by atoms with Gasteiger partial charge in [0.1, 0.15) is 0 Å². The maximum absolute atomic E-state index is 12.3. The summed E-state index contributed by atoms with van der Waals surface area (Å²) in [6.45, 7) is 2.73. The molecule has 1 N–H and O–H groups in total. The van der Waals surface area contributed by atoms with Gasteiger partial charge in [0.2, 0.25) is 0 Å². The zero-order chi connectivity index (χ0) is 20.9. The van der Waals surface area contributed by atoms with Crippen molar-refractivity contribution in [3.63, 3.8) is 0 Å². The molecule has 30 heavy (non-hydrogen) atoms. The molecule has 0 aromatic heterocycles. The van der Waals surface area contributed by atoms with Crippen LogP contribution < -0.4 is 14.8 Å². The first-order valence-corrected chi connectivity index (χ1v) is 10.6. The SMILES string of the molecule is CC(NC(=O)COC(=O)c1ccc2c(c1)OCCCO2)c1ccc2c(c1)CCCC2. The highest BCUT2D eigenvalue weighted by Gasteiger charge is 2.18. The number of rotatable bonds is 5. The van der Waals surface area contributed by atoms with Gasteiger partial charge >= 0.3 is 5.97 Å². The molecule has 1 aliphatic carbocycles. The van der Waals surface area contributed by atoms with Gasteiger partial charge in [0.05, 0.1) is 24.8 Å². The second kappa shape index (κ2) is 9.20. The average molecular weight is 409 g/mol. The quantitative estimate of drug-likeness (QED) is 0.761. The Hall–Kier alpha value is -3.02. The molecule has 0 bridgehead atoms. The highest BCUT2D eigenvalue weighted by molar-refractivity contribution is 5.92. The highest BCUT2D eigenvalue weighted by atomic mass is 16.5. The van der Waals surface area contributed by atoms with E-state index >= 15 is 0 Å². The summed E-state index contributed by atoms with van der Waals surface area (Å²) < 4.78 is 16.3. The molecular weight excluding hydrogens is 382 g/mol. The maximum atomic E-state index is 12.3. The van der Waals surface area contributed by atoms with Gasteiger partial charge in [-0.25, -0.2) is 4.79 Å². The summed E-state index contributed by atoms with van der Waals surface area (Å²) in [6.07, 6.45) is 5.47. The van der Waals surface area contributed by atoms with Crippen LogP contribution in [0.5, 0.6) is 11.5 Å². The first-order chi connectivity index (χ1) is 14.6. The summed E-state index contributed by atoms with van der Waals surface area (Å²) >= 11 is 0. The standard InChI is InChI=1S/C24H27NO5/c1-16(18-8-7-17-5-2-3-6-19(17)13-18)25-23(26)15-30-24(27)20-9-10-21-22(14-20)29-12-4-11-28-21/h7-10,13-14,16H,2-6,11-12,15H2,1H3,(H,25,26). The Kier molecular flexibility index (Phi) is 6.21. The van der Waals surface area contributed by atoms with Gasteiger partial charge in [0.25, 0.3) is 5.91 Å². The molecule has 1 unspecified atom stereocenters. The summed E-state index contributed by atoms with van der Waals surface area (Å²) in [4.78, 5) is 24.6. The molecule has 0 radical (unpaired) electrons. The number of benzene rings is 2. The molecule has 158 valence electrons. The largest absolute Gasteiger partial charge is 0.490 e. The molecule has 0 saturated heterocycles. The van der Waals surface area contributed by atoms with E-state index in [1.807, 2.05) is 6.92 Å². The van der Waals surface area contributed by atoms with E-state index in [4.69, 9.17) is 14.2 Å². The fraction of sp³-hybridized carbons (Fsp3) is 0.417. The Bertz CT molecular complexity index is 939. The van der Waals surface area contributed by atoms with Crippen molar-refractivity contribution < 1.29 is 23.8 Å². The Morgan fingerprint density at radius 3 is 2.57 bits per heavy atom. The Balaban J connectivity index is 1.31. The van der Waals surface area contributed by atoms with Crippen LogP contribution in [0.25, 0.3) is 0 Å². The van der Waals surface area contributed by atoms with Crippen LogP contribution >= 0.6 is 0 Å². The number of esters is 1. The minimum absolute atomic E-state index is 0.151. The number of carbonyl (C=O) groups is 2. The van der Waals surface area contributed by atoms with Gasteiger partial charge in [-0.2, -0.15) is 0 Å². The molecule has 0 saturated carbocycles. The van der Waals surface area contributed by atoms with E-state index in [2.05, 4.69) is 23.5 Å². The van der Waals surface area contributed by atoms with Crippen molar-refractivity contribution >= 4 is 11.9 Å². The molecule has 2 aromatic carbocycles. The van der Waals surface area contributed by atoms with Crippen LogP contribution in [0.3, 0.4) is 0 Å². The van der Waals surface area contributed by atoms with E-state index in [1.165, 1.54) is 24.0 Å². The predicted octanol–water partition coefficient (Wildman–Crippen LogP) is 3.76. The Labute approximate surface area is 176 Å². The van der Waals surface area contributed by atoms with Gasteiger partial charge < -0.3 is 19.5 Å². The first kappa shape index (κ1) is 20.3. The van der Waals surface area contributed by atoms with Crippen LogP contribution in [0, 0.1) is 0 Å². The number of carbonyl (C=O) groups excluding carboxylic acids is 2. The molecule has 1 heterocycles. The average Bonchev–Trinajstić information content (AvgIpc) is 3.02. The third-order valence-corrected chi connectivity index (χ3v) is 5.57. The molecule has 2 aliphatic rings. The highest BCUT2D eigenvalue weighted by Crippen LogP contribution is 2.30. The van der Waals surface area contributed by atoms with Crippen LogP contribution in [0.1, 0.15) is 59.3 Å². The van der Waals surface area contributed by atoms with Gasteiger partial charge in [-0.05, 0) is 67.5 Å². The molecule has 2 aromatic rings. The lowest BCUT2D eigenvalue weighted by atomic mass is 9.89. The van der Waals surface area contributed by atoms with Crippen LogP contribution in [0.15, 0.2) is 36.4 Å². The fourth-order valence-electron chi connectivity index (χ4n) is 3.89. The second-order valence-corrected chi connectivity index (χ2v) is 7.81. The van der Waals surface area contributed by atoms with Gasteiger partial charge in [0.15, 0.2) is 18.1 Å². The normalized spacial score (nSPS) is 16.0. The predicted molar refractivity (Wildman–Crippen MR) is 112 cm³/mol. The van der Waals surface area contributed by atoms with Crippen LogP contribution in [0.4, 0.5) is 0 Å². The molecule has 4 rings (SSSR count). The monoisotopic (exact) mass is 409 g/mol. The van der Waals surface area contributed by atoms with E-state index in [0.717, 1.165) is 24.8 Å². The molecule has 0 spiro atoms. The summed E-state index contributed by atoms with van der Waals surface area (Å²) in [5.41, 5.74) is 4.18. The Morgan fingerprint density at radius 2 is 1.73 bits per heavy atom. The Morgan fingerprint density at radius 1 is 0.967 bits per heavy atom. The van der Waals surface area contributed by atoms with E-state index in [9.17, 15) is 9.59 Å². The lowest BCUT2D eigenvalue weighted by molar-refractivity contribution is -0.124. The van der Waals surface area contributed by atoms with Gasteiger partial charge in [-0.1, -0.05) is 18.2 Å². The van der Waals surface area contributed by atoms with Crippen LogP contribution in [-0.4, -0.2) is 31.7 Å². The minimum Gasteiger partial charge on any atom is -0.490 e. The molecule has 6 nitrogen and oxygen atoms in total. The lowest BCUT2D eigenvalue weighted by Crippen LogP contribution is -2.31. The lowest BCUT2D eigenvalue weighted by Gasteiger charge is -2.20. The molecule has 1 amide bonds. The molecular formula is C24H27NO5. The van der Waals surface area contributed by atoms with Crippen molar-refractivity contribution in [2.45, 2.75) is 45.1 Å². The number of ether oxygens (including phenoxy) is 3. The summed E-state index contributed by atoms with van der Waals surface area (Å²) in [5.74, 6) is 0.234. The third-order valence-electron chi connectivity index (χ3n) is 5.57. The van der Waals surface area contributed by atoms with Crippen molar-refractivity contribution in [1.29, 1.82) is 0 Å². The zero-order valence-electron chi connectivity index (χ0n) is 17.2. The number of nitrogens with one attached hydrogen (secondary N) is 1. The molecule has 1 atom stereocenters. The zero-order valence-corrected chi connectivity index (χ0v) is 17.2. The van der Waals surface area contributed by atoms with E-state index in [0.29, 0.717) is 30.3 Å². The van der Waals surface area contributed by atoms with Gasteiger partial charge in [-0.3, -0.25) is 4.79 Å². The number of fused-ring (bicyclic) bond motifs is 2. The maximum Gasteiger partial charge on any atom is 0.338 e. The topological polar surface area (TPSA) is 73.9 Å². The number of amides is 1. The molecule has 6 heteroatoms. The van der Waals surface area contributed by atoms with Crippen molar-refractivity contribution in [2.24, 2.45) is 0 Å². The third kappa shape index (κ3) is 4.75. The summed E-state index contributed by atoms with van der Waals surface area (Å²) in [5, 5.41) is 2.91. The van der Waals surface area contributed by atoms with E-state index in [-0.39, 0.29) is 18.6 Å². The van der Waals surface area contributed by atoms with Crippen LogP contribution in [-0.2, 0) is 22.4 Å². The van der Waals surface area contributed by atoms with Crippen molar-refractivity contribution in [2.75, 3.05) is 19.8 Å². The number of aryl methyl sites for hydroxylation is 2. The van der Waals surface area contributed by atoms with Gasteiger partial charge in [-0.15, -0.1) is 0 Å². The van der Waals surface area contributed by atoms with E-state index < -0.39 is 5.97 Å².